The molecule has 0 radical (unpaired) electrons. The maximum Gasteiger partial charge on any atom is 0.242 e. The Morgan fingerprint density at radius 2 is 1.79 bits per heavy atom. The zero-order valence-corrected chi connectivity index (χ0v) is 17.0. The Labute approximate surface area is 173 Å². The van der Waals surface area contributed by atoms with Gasteiger partial charge in [-0.05, 0) is 61.0 Å². The van der Waals surface area contributed by atoms with Gasteiger partial charge in [-0.3, -0.25) is 0 Å². The maximum absolute atomic E-state index is 13.1. The van der Waals surface area contributed by atoms with E-state index in [-0.39, 0.29) is 16.5 Å². The van der Waals surface area contributed by atoms with Crippen molar-refractivity contribution in [3.05, 3.63) is 77.2 Å². The van der Waals surface area contributed by atoms with Crippen LogP contribution in [0.5, 0.6) is 17.4 Å². The van der Waals surface area contributed by atoms with Gasteiger partial charge in [-0.15, -0.1) is 0 Å². The van der Waals surface area contributed by atoms with Crippen LogP contribution < -0.4 is 14.2 Å². The number of hydrogen-bond donors (Lipinski definition) is 1. The lowest BCUT2D eigenvalue weighted by Gasteiger charge is -2.10. The molecule has 0 aliphatic heterocycles. The molecule has 0 saturated carbocycles. The highest BCUT2D eigenvalue weighted by molar-refractivity contribution is 7.89. The summed E-state index contributed by atoms with van der Waals surface area (Å²) in [6.45, 7) is 2.46. The van der Waals surface area contributed by atoms with Gasteiger partial charge < -0.3 is 9.47 Å². The SMILES string of the molecule is CCOc1ccc(Oc2cc(CNS(=O)(=O)c3ccc(F)cc3Cl)ccn2)cc1. The molecule has 6 nitrogen and oxygen atoms in total. The molecule has 152 valence electrons. The molecule has 0 amide bonds. The molecule has 0 saturated heterocycles. The van der Waals surface area contributed by atoms with Gasteiger partial charge in [-0.25, -0.2) is 22.5 Å². The lowest BCUT2D eigenvalue weighted by atomic mass is 10.3. The molecule has 0 unspecified atom stereocenters. The van der Waals surface area contributed by atoms with Crippen LogP contribution in [-0.2, 0) is 16.6 Å². The van der Waals surface area contributed by atoms with E-state index >= 15 is 0 Å². The van der Waals surface area contributed by atoms with Crippen molar-refractivity contribution in [1.82, 2.24) is 9.71 Å². The van der Waals surface area contributed by atoms with Gasteiger partial charge in [0.2, 0.25) is 15.9 Å². The van der Waals surface area contributed by atoms with Gasteiger partial charge in [0.05, 0.1) is 11.6 Å². The number of rotatable bonds is 8. The first-order valence-electron chi connectivity index (χ1n) is 8.68. The van der Waals surface area contributed by atoms with Gasteiger partial charge in [0.1, 0.15) is 22.2 Å². The van der Waals surface area contributed by atoms with Crippen LogP contribution in [0, 0.1) is 5.82 Å². The highest BCUT2D eigenvalue weighted by atomic mass is 35.5. The normalized spacial score (nSPS) is 11.3. The van der Waals surface area contributed by atoms with Crippen molar-refractivity contribution in [2.24, 2.45) is 0 Å². The molecule has 3 rings (SSSR count). The van der Waals surface area contributed by atoms with Crippen molar-refractivity contribution in [1.29, 1.82) is 0 Å². The number of nitrogens with one attached hydrogen (secondary N) is 1. The topological polar surface area (TPSA) is 77.5 Å². The van der Waals surface area contributed by atoms with Crippen LogP contribution in [-0.4, -0.2) is 20.0 Å². The van der Waals surface area contributed by atoms with Crippen molar-refractivity contribution >= 4 is 21.6 Å². The highest BCUT2D eigenvalue weighted by Gasteiger charge is 2.18. The van der Waals surface area contributed by atoms with E-state index in [0.717, 1.165) is 23.9 Å². The first kappa shape index (κ1) is 21.0. The Morgan fingerprint density at radius 3 is 2.48 bits per heavy atom. The minimum atomic E-state index is -3.91. The number of ether oxygens (including phenoxy) is 2. The molecular weight excluding hydrogens is 419 g/mol. The van der Waals surface area contributed by atoms with Crippen molar-refractivity contribution in [3.63, 3.8) is 0 Å². The van der Waals surface area contributed by atoms with Gasteiger partial charge in [0.25, 0.3) is 0 Å². The summed E-state index contributed by atoms with van der Waals surface area (Å²) in [4.78, 5) is 3.93. The summed E-state index contributed by atoms with van der Waals surface area (Å²) in [6, 6.07) is 13.4. The molecule has 1 N–H and O–H groups in total. The Bertz CT molecular complexity index is 1090. The predicted octanol–water partition coefficient (Wildman–Crippen LogP) is 4.54. The fourth-order valence-electron chi connectivity index (χ4n) is 2.46. The van der Waals surface area contributed by atoms with Crippen LogP contribution in [0.4, 0.5) is 4.39 Å². The fourth-order valence-corrected chi connectivity index (χ4v) is 4.00. The van der Waals surface area contributed by atoms with Crippen LogP contribution in [0.1, 0.15) is 12.5 Å². The van der Waals surface area contributed by atoms with Crippen molar-refractivity contribution < 1.29 is 22.3 Å². The first-order valence-corrected chi connectivity index (χ1v) is 10.5. The molecule has 0 aliphatic rings. The number of pyridine rings is 1. The zero-order chi connectivity index (χ0) is 20.9. The van der Waals surface area contributed by atoms with E-state index in [4.69, 9.17) is 21.1 Å². The van der Waals surface area contributed by atoms with E-state index in [9.17, 15) is 12.8 Å². The number of nitrogens with zero attached hydrogens (tertiary/aromatic N) is 1. The van der Waals surface area contributed by atoms with E-state index in [2.05, 4.69) is 9.71 Å². The molecule has 9 heteroatoms. The molecule has 0 atom stereocenters. The van der Waals surface area contributed by atoms with E-state index in [1.165, 1.54) is 6.20 Å². The standard InChI is InChI=1S/C20H18ClFN2O4S/c1-2-27-16-4-6-17(7-5-16)28-20-11-14(9-10-23-20)13-24-29(25,26)19-8-3-15(22)12-18(19)21/h3-12,24H,2,13H2,1H3. The number of benzene rings is 2. The van der Waals surface area contributed by atoms with Gasteiger partial charge >= 0.3 is 0 Å². The summed E-state index contributed by atoms with van der Waals surface area (Å²) in [5, 5.41) is -0.188. The molecule has 2 aromatic carbocycles. The van der Waals surface area contributed by atoms with Crippen LogP contribution >= 0.6 is 11.6 Å². The predicted molar refractivity (Wildman–Crippen MR) is 107 cm³/mol. The second-order valence-electron chi connectivity index (χ2n) is 5.91. The average molecular weight is 437 g/mol. The number of aromatic nitrogens is 1. The van der Waals surface area contributed by atoms with Crippen molar-refractivity contribution in [3.8, 4) is 17.4 Å². The summed E-state index contributed by atoms with van der Waals surface area (Å²) in [6.07, 6.45) is 1.51. The first-order chi connectivity index (χ1) is 13.9. The second-order valence-corrected chi connectivity index (χ2v) is 8.05. The molecule has 29 heavy (non-hydrogen) atoms. The summed E-state index contributed by atoms with van der Waals surface area (Å²) >= 11 is 5.84. The van der Waals surface area contributed by atoms with Gasteiger partial charge in [0.15, 0.2) is 0 Å². The Kier molecular flexibility index (Phi) is 6.68. The zero-order valence-electron chi connectivity index (χ0n) is 15.4. The van der Waals surface area contributed by atoms with Gasteiger partial charge in [-0.1, -0.05) is 11.6 Å². The molecule has 1 aromatic heterocycles. The van der Waals surface area contributed by atoms with E-state index in [1.807, 2.05) is 6.92 Å². The summed E-state index contributed by atoms with van der Waals surface area (Å²) < 4.78 is 51.5. The molecule has 1 heterocycles. The van der Waals surface area contributed by atoms with Gasteiger partial charge in [0, 0.05) is 18.8 Å². The van der Waals surface area contributed by atoms with Crippen LogP contribution in [0.2, 0.25) is 5.02 Å². The van der Waals surface area contributed by atoms with Crippen molar-refractivity contribution in [2.75, 3.05) is 6.61 Å². The van der Waals surface area contributed by atoms with Crippen LogP contribution in [0.25, 0.3) is 0 Å². The quantitative estimate of drug-likeness (QED) is 0.560. The summed E-state index contributed by atoms with van der Waals surface area (Å²) in [5.74, 6) is 0.997. The molecule has 0 bridgehead atoms. The molecular formula is C20H18ClFN2O4S. The summed E-state index contributed by atoms with van der Waals surface area (Å²) in [5.41, 5.74) is 0.628. The largest absolute Gasteiger partial charge is 0.494 e. The third kappa shape index (κ3) is 5.66. The average Bonchev–Trinajstić information content (AvgIpc) is 2.68. The van der Waals surface area contributed by atoms with Crippen molar-refractivity contribution in [2.45, 2.75) is 18.4 Å². The van der Waals surface area contributed by atoms with Gasteiger partial charge in [-0.2, -0.15) is 0 Å². The van der Waals surface area contributed by atoms with E-state index < -0.39 is 15.8 Å². The van der Waals surface area contributed by atoms with E-state index in [0.29, 0.717) is 23.8 Å². The second kappa shape index (κ2) is 9.21. The fraction of sp³-hybridized carbons (Fsp3) is 0.150. The highest BCUT2D eigenvalue weighted by Crippen LogP contribution is 2.24. The minimum absolute atomic E-state index is 0.0157. The minimum Gasteiger partial charge on any atom is -0.494 e. The Hall–Kier alpha value is -2.68. The lowest BCUT2D eigenvalue weighted by molar-refractivity contribution is 0.339. The maximum atomic E-state index is 13.1. The smallest absolute Gasteiger partial charge is 0.242 e. The van der Waals surface area contributed by atoms with Crippen LogP contribution in [0.15, 0.2) is 65.7 Å². The summed E-state index contributed by atoms with van der Waals surface area (Å²) in [7, 11) is -3.91. The number of sulfonamides is 1. The third-order valence-corrected chi connectivity index (χ3v) is 5.69. The Morgan fingerprint density at radius 1 is 1.07 bits per heavy atom. The molecule has 3 aromatic rings. The Balaban J connectivity index is 1.68. The third-order valence-electron chi connectivity index (χ3n) is 3.81. The number of hydrogen-bond acceptors (Lipinski definition) is 5. The van der Waals surface area contributed by atoms with Crippen LogP contribution in [0.3, 0.4) is 0 Å². The molecule has 0 aliphatic carbocycles. The van der Waals surface area contributed by atoms with E-state index in [1.54, 1.807) is 36.4 Å². The molecule has 0 spiro atoms. The number of halogens is 2. The lowest BCUT2D eigenvalue weighted by Crippen LogP contribution is -2.23. The monoisotopic (exact) mass is 436 g/mol. The molecule has 0 fully saturated rings.